The highest BCUT2D eigenvalue weighted by atomic mass is 19.2. The lowest BCUT2D eigenvalue weighted by molar-refractivity contribution is 0.508. The summed E-state index contributed by atoms with van der Waals surface area (Å²) in [6.07, 6.45) is 2.82. The molecule has 1 heterocycles. The predicted octanol–water partition coefficient (Wildman–Crippen LogP) is 1.55. The van der Waals surface area contributed by atoms with Crippen molar-refractivity contribution < 1.29 is 8.78 Å². The average Bonchev–Trinajstić information content (AvgIpc) is 2.62. The van der Waals surface area contributed by atoms with E-state index >= 15 is 0 Å². The van der Waals surface area contributed by atoms with E-state index in [4.69, 9.17) is 0 Å². The zero-order valence-electron chi connectivity index (χ0n) is 6.48. The normalized spacial score (nSPS) is 10.3. The van der Waals surface area contributed by atoms with Crippen molar-refractivity contribution in [3.63, 3.8) is 0 Å². The Hall–Kier alpha value is -1.78. The van der Waals surface area contributed by atoms with Crippen LogP contribution in [0.4, 0.5) is 8.78 Å². The Labute approximate surface area is 72.6 Å². The topological polar surface area (TPSA) is 30.7 Å². The molecule has 0 bridgehead atoms. The van der Waals surface area contributed by atoms with E-state index in [9.17, 15) is 8.78 Å². The Morgan fingerprint density at radius 3 is 2.31 bits per heavy atom. The van der Waals surface area contributed by atoms with Crippen molar-refractivity contribution in [2.75, 3.05) is 0 Å². The predicted molar refractivity (Wildman–Crippen MR) is 41.3 cm³/mol. The van der Waals surface area contributed by atoms with E-state index in [0.29, 0.717) is 5.69 Å². The molecule has 0 spiro atoms. The van der Waals surface area contributed by atoms with E-state index in [1.54, 1.807) is 0 Å². The minimum Gasteiger partial charge on any atom is -0.288 e. The van der Waals surface area contributed by atoms with Crippen LogP contribution in [0.2, 0.25) is 0 Å². The van der Waals surface area contributed by atoms with Crippen molar-refractivity contribution in [3.05, 3.63) is 42.5 Å². The number of nitrogens with zero attached hydrogens (tertiary/aromatic N) is 3. The molecule has 0 unspecified atom stereocenters. The van der Waals surface area contributed by atoms with Crippen LogP contribution in [0.3, 0.4) is 0 Å². The van der Waals surface area contributed by atoms with Crippen LogP contribution in [0.25, 0.3) is 5.69 Å². The average molecular weight is 181 g/mol. The van der Waals surface area contributed by atoms with Crippen LogP contribution in [0.1, 0.15) is 0 Å². The van der Waals surface area contributed by atoms with Crippen LogP contribution in [0.5, 0.6) is 0 Å². The standard InChI is InChI=1S/C8H5F2N3/c9-7-2-1-6(3-8(7)10)13-4-11-12-5-13/h1-5H. The van der Waals surface area contributed by atoms with Gasteiger partial charge in [0.25, 0.3) is 0 Å². The second kappa shape index (κ2) is 2.93. The first kappa shape index (κ1) is 7.85. The smallest absolute Gasteiger partial charge is 0.160 e. The summed E-state index contributed by atoms with van der Waals surface area (Å²) >= 11 is 0. The summed E-state index contributed by atoms with van der Waals surface area (Å²) in [4.78, 5) is 0. The molecule has 3 nitrogen and oxygen atoms in total. The Kier molecular flexibility index (Phi) is 1.77. The first-order valence-electron chi connectivity index (χ1n) is 3.57. The molecule has 2 aromatic rings. The van der Waals surface area contributed by atoms with Crippen molar-refractivity contribution in [3.8, 4) is 5.69 Å². The van der Waals surface area contributed by atoms with Gasteiger partial charge in [0.1, 0.15) is 12.7 Å². The summed E-state index contributed by atoms with van der Waals surface area (Å²) in [6, 6.07) is 3.59. The molecule has 0 saturated carbocycles. The van der Waals surface area contributed by atoms with Gasteiger partial charge >= 0.3 is 0 Å². The molecule has 0 radical (unpaired) electrons. The summed E-state index contributed by atoms with van der Waals surface area (Å²) in [5.74, 6) is -1.75. The Morgan fingerprint density at radius 2 is 1.69 bits per heavy atom. The zero-order valence-corrected chi connectivity index (χ0v) is 6.48. The molecule has 0 aliphatic rings. The Morgan fingerprint density at radius 1 is 1.00 bits per heavy atom. The first-order valence-corrected chi connectivity index (χ1v) is 3.57. The van der Waals surface area contributed by atoms with Crippen molar-refractivity contribution in [1.82, 2.24) is 14.8 Å². The maximum Gasteiger partial charge on any atom is 0.160 e. The highest BCUT2D eigenvalue weighted by Crippen LogP contribution is 2.11. The van der Waals surface area contributed by atoms with Crippen LogP contribution in [-0.2, 0) is 0 Å². The van der Waals surface area contributed by atoms with Crippen molar-refractivity contribution in [2.45, 2.75) is 0 Å². The first-order chi connectivity index (χ1) is 6.27. The number of aromatic nitrogens is 3. The second-order valence-electron chi connectivity index (χ2n) is 2.47. The maximum atomic E-state index is 12.7. The quantitative estimate of drug-likeness (QED) is 0.668. The van der Waals surface area contributed by atoms with Crippen molar-refractivity contribution >= 4 is 0 Å². The molecule has 1 aromatic heterocycles. The van der Waals surface area contributed by atoms with Gasteiger partial charge in [0, 0.05) is 6.07 Å². The highest BCUT2D eigenvalue weighted by molar-refractivity contribution is 5.31. The molecule has 0 N–H and O–H groups in total. The van der Waals surface area contributed by atoms with Gasteiger partial charge in [0.15, 0.2) is 11.6 Å². The largest absolute Gasteiger partial charge is 0.288 e. The molecule has 0 aliphatic heterocycles. The van der Waals surface area contributed by atoms with Crippen LogP contribution >= 0.6 is 0 Å². The lowest BCUT2D eigenvalue weighted by Crippen LogP contribution is -1.92. The van der Waals surface area contributed by atoms with Gasteiger partial charge in [-0.1, -0.05) is 0 Å². The Balaban J connectivity index is 2.49. The van der Waals surface area contributed by atoms with Crippen molar-refractivity contribution in [1.29, 1.82) is 0 Å². The highest BCUT2D eigenvalue weighted by Gasteiger charge is 2.03. The minimum atomic E-state index is -0.883. The molecule has 5 heteroatoms. The van der Waals surface area contributed by atoms with E-state index in [1.165, 1.54) is 23.3 Å². The van der Waals surface area contributed by atoms with E-state index < -0.39 is 11.6 Å². The summed E-state index contributed by atoms with van der Waals surface area (Å²) < 4.78 is 26.8. The van der Waals surface area contributed by atoms with Crippen LogP contribution in [0.15, 0.2) is 30.9 Å². The summed E-state index contributed by atoms with van der Waals surface area (Å²) in [5.41, 5.74) is 0.490. The van der Waals surface area contributed by atoms with Crippen molar-refractivity contribution in [2.24, 2.45) is 0 Å². The third-order valence-electron chi connectivity index (χ3n) is 1.62. The molecule has 13 heavy (non-hydrogen) atoms. The molecule has 1 aromatic carbocycles. The number of benzene rings is 1. The summed E-state index contributed by atoms with van der Waals surface area (Å²) in [5, 5.41) is 7.09. The fraction of sp³-hybridized carbons (Fsp3) is 0. The number of halogens is 2. The number of hydrogen-bond acceptors (Lipinski definition) is 2. The molecule has 66 valence electrons. The molecule has 0 atom stereocenters. The maximum absolute atomic E-state index is 12.7. The molecule has 2 rings (SSSR count). The van der Waals surface area contributed by atoms with E-state index in [2.05, 4.69) is 10.2 Å². The van der Waals surface area contributed by atoms with Gasteiger partial charge in [-0.15, -0.1) is 10.2 Å². The summed E-state index contributed by atoms with van der Waals surface area (Å²) in [7, 11) is 0. The number of hydrogen-bond donors (Lipinski definition) is 0. The second-order valence-corrected chi connectivity index (χ2v) is 2.47. The fourth-order valence-corrected chi connectivity index (χ4v) is 0.980. The number of rotatable bonds is 1. The zero-order chi connectivity index (χ0) is 9.26. The minimum absolute atomic E-state index is 0.490. The van der Waals surface area contributed by atoms with E-state index in [-0.39, 0.29) is 0 Å². The van der Waals surface area contributed by atoms with Gasteiger partial charge in [-0.3, -0.25) is 4.57 Å². The summed E-state index contributed by atoms with van der Waals surface area (Å²) in [6.45, 7) is 0. The molecule has 0 aliphatic carbocycles. The monoisotopic (exact) mass is 181 g/mol. The van der Waals surface area contributed by atoms with Gasteiger partial charge in [-0.05, 0) is 12.1 Å². The van der Waals surface area contributed by atoms with E-state index in [0.717, 1.165) is 12.1 Å². The molecule has 0 fully saturated rings. The van der Waals surface area contributed by atoms with Crippen LogP contribution in [0, 0.1) is 11.6 Å². The van der Waals surface area contributed by atoms with E-state index in [1.807, 2.05) is 0 Å². The van der Waals surface area contributed by atoms with Gasteiger partial charge in [0.2, 0.25) is 0 Å². The van der Waals surface area contributed by atoms with Gasteiger partial charge in [-0.25, -0.2) is 8.78 Å². The fourth-order valence-electron chi connectivity index (χ4n) is 0.980. The lowest BCUT2D eigenvalue weighted by Gasteiger charge is -2.00. The van der Waals surface area contributed by atoms with Gasteiger partial charge in [0.05, 0.1) is 5.69 Å². The SMILES string of the molecule is Fc1ccc(-n2cnnc2)cc1F. The molecule has 0 saturated heterocycles. The molecule has 0 amide bonds. The molecular formula is C8H5F2N3. The molecular weight excluding hydrogens is 176 g/mol. The van der Waals surface area contributed by atoms with Gasteiger partial charge in [-0.2, -0.15) is 0 Å². The third kappa shape index (κ3) is 1.40. The van der Waals surface area contributed by atoms with Gasteiger partial charge < -0.3 is 0 Å². The van der Waals surface area contributed by atoms with Crippen LogP contribution in [-0.4, -0.2) is 14.8 Å². The third-order valence-corrected chi connectivity index (χ3v) is 1.62. The Bertz CT molecular complexity index is 411. The van der Waals surface area contributed by atoms with Crippen LogP contribution < -0.4 is 0 Å². The lowest BCUT2D eigenvalue weighted by atomic mass is 10.3.